The number of hydrogen-bond acceptors (Lipinski definition) is 4. The summed E-state index contributed by atoms with van der Waals surface area (Å²) in [6.07, 6.45) is 7.20. The molecule has 128 valence electrons. The predicted molar refractivity (Wildman–Crippen MR) is 95.6 cm³/mol. The Hall–Kier alpha value is -1.50. The average molecular weight is 366 g/mol. The molecule has 0 spiro atoms. The summed E-state index contributed by atoms with van der Waals surface area (Å²) in [6, 6.07) is 5.49. The quantitative estimate of drug-likeness (QED) is 0.836. The third-order valence-corrected chi connectivity index (χ3v) is 5.30. The van der Waals surface area contributed by atoms with E-state index in [-0.39, 0.29) is 12.0 Å². The molecule has 1 aromatic heterocycles. The Balaban J connectivity index is 1.66. The average Bonchev–Trinajstić information content (AvgIpc) is 3.20. The van der Waals surface area contributed by atoms with Crippen molar-refractivity contribution < 1.29 is 9.53 Å². The van der Waals surface area contributed by atoms with Gasteiger partial charge in [0.15, 0.2) is 5.16 Å². The number of aromatic nitrogens is 2. The van der Waals surface area contributed by atoms with E-state index in [0.29, 0.717) is 17.1 Å². The smallest absolute Gasteiger partial charge is 0.224 e. The van der Waals surface area contributed by atoms with E-state index in [2.05, 4.69) is 10.3 Å². The molecule has 1 atom stereocenters. The van der Waals surface area contributed by atoms with Crippen LogP contribution in [0.2, 0.25) is 5.02 Å². The number of anilines is 1. The summed E-state index contributed by atoms with van der Waals surface area (Å²) in [7, 11) is 1.94. The number of benzene rings is 1. The van der Waals surface area contributed by atoms with Crippen molar-refractivity contribution in [3.8, 4) is 0 Å². The zero-order valence-corrected chi connectivity index (χ0v) is 15.1. The number of halogens is 1. The SMILES string of the molecule is Cn1ccnc1Sc1ccc(Cl)cc1NC(=O)CCC1CCCO1. The van der Waals surface area contributed by atoms with Gasteiger partial charge in [0.1, 0.15) is 0 Å². The molecule has 0 radical (unpaired) electrons. The van der Waals surface area contributed by atoms with Crippen LogP contribution in [-0.4, -0.2) is 28.2 Å². The van der Waals surface area contributed by atoms with Crippen molar-refractivity contribution in [1.82, 2.24) is 9.55 Å². The third kappa shape index (κ3) is 4.53. The summed E-state index contributed by atoms with van der Waals surface area (Å²) in [5.74, 6) is -0.0190. The molecule has 1 unspecified atom stereocenters. The van der Waals surface area contributed by atoms with E-state index < -0.39 is 0 Å². The molecule has 5 nitrogen and oxygen atoms in total. The standard InChI is InChI=1S/C17H20ClN3O2S/c1-21-9-8-19-17(21)24-15-6-4-12(18)11-14(15)20-16(22)7-5-13-3-2-10-23-13/h4,6,8-9,11,13H,2-3,5,7,10H2,1H3,(H,20,22). The predicted octanol–water partition coefficient (Wildman–Crippen LogP) is 4.12. The highest BCUT2D eigenvalue weighted by Gasteiger charge is 2.17. The highest BCUT2D eigenvalue weighted by Crippen LogP contribution is 2.34. The second kappa shape index (κ2) is 8.05. The lowest BCUT2D eigenvalue weighted by Crippen LogP contribution is -2.15. The molecule has 7 heteroatoms. The zero-order chi connectivity index (χ0) is 16.9. The molecule has 1 amide bonds. The second-order valence-corrected chi connectivity index (χ2v) is 7.23. The number of nitrogens with zero attached hydrogens (tertiary/aromatic N) is 2. The van der Waals surface area contributed by atoms with Gasteiger partial charge in [-0.25, -0.2) is 4.98 Å². The van der Waals surface area contributed by atoms with Crippen LogP contribution < -0.4 is 5.32 Å². The minimum absolute atomic E-state index is 0.0190. The Morgan fingerprint density at radius 2 is 2.42 bits per heavy atom. The lowest BCUT2D eigenvalue weighted by atomic mass is 10.1. The first-order chi connectivity index (χ1) is 11.6. The molecule has 2 heterocycles. The van der Waals surface area contributed by atoms with Gasteiger partial charge in [-0.05, 0) is 49.2 Å². The molecule has 1 saturated heterocycles. The van der Waals surface area contributed by atoms with Crippen LogP contribution in [0.25, 0.3) is 0 Å². The first kappa shape index (κ1) is 17.3. The summed E-state index contributed by atoms with van der Waals surface area (Å²) in [5.41, 5.74) is 0.716. The van der Waals surface area contributed by atoms with Crippen molar-refractivity contribution in [2.45, 2.75) is 41.8 Å². The number of rotatable bonds is 6. The number of imidazole rings is 1. The van der Waals surface area contributed by atoms with E-state index in [9.17, 15) is 4.79 Å². The Morgan fingerprint density at radius 1 is 1.54 bits per heavy atom. The molecule has 0 bridgehead atoms. The van der Waals surface area contributed by atoms with Crippen LogP contribution in [0, 0.1) is 0 Å². The normalized spacial score (nSPS) is 17.2. The van der Waals surface area contributed by atoms with Crippen molar-refractivity contribution in [2.75, 3.05) is 11.9 Å². The maximum Gasteiger partial charge on any atom is 0.224 e. The molecule has 24 heavy (non-hydrogen) atoms. The minimum Gasteiger partial charge on any atom is -0.378 e. The first-order valence-electron chi connectivity index (χ1n) is 7.98. The number of carbonyl (C=O) groups is 1. The number of nitrogens with one attached hydrogen (secondary N) is 1. The van der Waals surface area contributed by atoms with Crippen molar-refractivity contribution in [3.05, 3.63) is 35.6 Å². The van der Waals surface area contributed by atoms with Crippen LogP contribution >= 0.6 is 23.4 Å². The third-order valence-electron chi connectivity index (χ3n) is 3.91. The lowest BCUT2D eigenvalue weighted by Gasteiger charge is -2.12. The largest absolute Gasteiger partial charge is 0.378 e. The van der Waals surface area contributed by atoms with Crippen LogP contribution in [0.5, 0.6) is 0 Å². The molecule has 1 aromatic carbocycles. The van der Waals surface area contributed by atoms with Crippen LogP contribution in [0.4, 0.5) is 5.69 Å². The molecule has 1 aliphatic heterocycles. The Labute approximate surface area is 150 Å². The molecular formula is C17H20ClN3O2S. The van der Waals surface area contributed by atoms with E-state index in [1.54, 1.807) is 12.3 Å². The molecule has 1 aliphatic rings. The first-order valence-corrected chi connectivity index (χ1v) is 9.17. The Kier molecular flexibility index (Phi) is 5.81. The Morgan fingerprint density at radius 3 is 3.12 bits per heavy atom. The molecule has 0 saturated carbocycles. The molecule has 3 rings (SSSR count). The Bertz CT molecular complexity index is 714. The topological polar surface area (TPSA) is 56.2 Å². The van der Waals surface area contributed by atoms with Gasteiger partial charge in [-0.15, -0.1) is 0 Å². The number of carbonyl (C=O) groups excluding carboxylic acids is 1. The zero-order valence-electron chi connectivity index (χ0n) is 13.5. The van der Waals surface area contributed by atoms with Crippen molar-refractivity contribution in [1.29, 1.82) is 0 Å². The van der Waals surface area contributed by atoms with Gasteiger partial charge in [0.05, 0.1) is 11.8 Å². The van der Waals surface area contributed by atoms with Crippen LogP contribution in [0.15, 0.2) is 40.6 Å². The van der Waals surface area contributed by atoms with E-state index in [0.717, 1.165) is 35.9 Å². The number of amides is 1. The van der Waals surface area contributed by atoms with E-state index in [1.807, 2.05) is 29.9 Å². The lowest BCUT2D eigenvalue weighted by molar-refractivity contribution is -0.116. The summed E-state index contributed by atoms with van der Waals surface area (Å²) < 4.78 is 7.50. The van der Waals surface area contributed by atoms with Crippen LogP contribution in [0.3, 0.4) is 0 Å². The molecule has 1 N–H and O–H groups in total. The van der Waals surface area contributed by atoms with Gasteiger partial charge >= 0.3 is 0 Å². The fraction of sp³-hybridized carbons (Fsp3) is 0.412. The molecule has 0 aliphatic carbocycles. The van der Waals surface area contributed by atoms with Gasteiger partial charge in [-0.1, -0.05) is 11.6 Å². The highest BCUT2D eigenvalue weighted by atomic mass is 35.5. The fourth-order valence-corrected chi connectivity index (χ4v) is 3.66. The van der Waals surface area contributed by atoms with Crippen molar-refractivity contribution >= 4 is 35.0 Å². The van der Waals surface area contributed by atoms with Gasteiger partial charge < -0.3 is 14.6 Å². The van der Waals surface area contributed by atoms with Gasteiger partial charge in [0, 0.05) is 42.4 Å². The van der Waals surface area contributed by atoms with Crippen LogP contribution in [-0.2, 0) is 16.6 Å². The highest BCUT2D eigenvalue weighted by molar-refractivity contribution is 7.99. The van der Waals surface area contributed by atoms with Crippen molar-refractivity contribution in [2.24, 2.45) is 7.05 Å². The van der Waals surface area contributed by atoms with E-state index in [4.69, 9.17) is 16.3 Å². The molecule has 2 aromatic rings. The number of aryl methyl sites for hydroxylation is 1. The molecule has 1 fully saturated rings. The van der Waals surface area contributed by atoms with Crippen LogP contribution in [0.1, 0.15) is 25.7 Å². The van der Waals surface area contributed by atoms with Gasteiger partial charge in [-0.3, -0.25) is 4.79 Å². The van der Waals surface area contributed by atoms with Gasteiger partial charge in [-0.2, -0.15) is 0 Å². The summed E-state index contributed by atoms with van der Waals surface area (Å²) in [4.78, 5) is 17.5. The maximum atomic E-state index is 12.3. The fourth-order valence-electron chi connectivity index (χ4n) is 2.61. The van der Waals surface area contributed by atoms with Crippen molar-refractivity contribution in [3.63, 3.8) is 0 Å². The van der Waals surface area contributed by atoms with Gasteiger partial charge in [0.2, 0.25) is 5.91 Å². The van der Waals surface area contributed by atoms with Gasteiger partial charge in [0.25, 0.3) is 0 Å². The minimum atomic E-state index is -0.0190. The van der Waals surface area contributed by atoms with E-state index in [1.165, 1.54) is 11.8 Å². The summed E-state index contributed by atoms with van der Waals surface area (Å²) in [6.45, 7) is 0.811. The maximum absolute atomic E-state index is 12.3. The summed E-state index contributed by atoms with van der Waals surface area (Å²) in [5, 5.41) is 4.42. The number of hydrogen-bond donors (Lipinski definition) is 1. The van der Waals surface area contributed by atoms with E-state index >= 15 is 0 Å². The number of ether oxygens (including phenoxy) is 1. The monoisotopic (exact) mass is 365 g/mol. The summed E-state index contributed by atoms with van der Waals surface area (Å²) >= 11 is 7.59. The molecular weight excluding hydrogens is 346 g/mol. The second-order valence-electron chi connectivity index (χ2n) is 5.79.